The van der Waals surface area contributed by atoms with Gasteiger partial charge in [-0.15, -0.1) is 0 Å². The Balaban J connectivity index is 1.82. The van der Waals surface area contributed by atoms with Gasteiger partial charge in [-0.3, -0.25) is 9.59 Å². The molecule has 0 spiro atoms. The predicted octanol–water partition coefficient (Wildman–Crippen LogP) is 4.97. The molecule has 2 saturated carbocycles. The van der Waals surface area contributed by atoms with Gasteiger partial charge in [-0.05, 0) is 50.4 Å². The second-order valence-corrected chi connectivity index (χ2v) is 8.06. The number of ketones is 1. The molecule has 1 aromatic carbocycles. The topological polar surface area (TPSA) is 43.4 Å². The minimum absolute atomic E-state index is 0.134. The number of carbonyl (C=O) groups is 2. The zero-order chi connectivity index (χ0) is 18.1. The maximum Gasteiger partial charge on any atom is 0.310 e. The molecule has 4 rings (SSSR count). The molecule has 3 aliphatic rings. The van der Waals surface area contributed by atoms with Crippen molar-refractivity contribution in [2.75, 3.05) is 7.11 Å². The number of methoxy groups -OCH3 is 1. The second-order valence-electron chi connectivity index (χ2n) is 8.06. The number of carbonyl (C=O) groups excluding carboxylic acids is 2. The Morgan fingerprint density at radius 2 is 1.42 bits per heavy atom. The van der Waals surface area contributed by atoms with E-state index in [2.05, 4.69) is 0 Å². The number of allylic oxidation sites excluding steroid dienone is 2. The number of hydrogen-bond acceptors (Lipinski definition) is 3. The van der Waals surface area contributed by atoms with Crippen molar-refractivity contribution < 1.29 is 14.3 Å². The van der Waals surface area contributed by atoms with Gasteiger partial charge in [0.15, 0.2) is 5.78 Å². The molecule has 0 N–H and O–H groups in total. The third-order valence-electron chi connectivity index (χ3n) is 6.82. The molecule has 3 heteroatoms. The summed E-state index contributed by atoms with van der Waals surface area (Å²) in [6, 6.07) is 9.53. The van der Waals surface area contributed by atoms with E-state index in [1.807, 2.05) is 30.3 Å². The van der Waals surface area contributed by atoms with E-state index in [4.69, 9.17) is 4.74 Å². The molecule has 3 nitrogen and oxygen atoms in total. The number of Topliss-reactive ketones (excluding diaryl/α,β-unsaturated/α-hetero) is 1. The van der Waals surface area contributed by atoms with E-state index >= 15 is 0 Å². The highest BCUT2D eigenvalue weighted by molar-refractivity contribution is 6.00. The minimum atomic E-state index is -0.310. The average Bonchev–Trinajstić information content (AvgIpc) is 2.72. The lowest BCUT2D eigenvalue weighted by Crippen LogP contribution is -2.47. The van der Waals surface area contributed by atoms with Crippen LogP contribution < -0.4 is 0 Å². The Morgan fingerprint density at radius 1 is 0.846 bits per heavy atom. The van der Waals surface area contributed by atoms with Crippen LogP contribution in [0.15, 0.2) is 41.5 Å². The first-order valence-corrected chi connectivity index (χ1v) is 10.1. The standard InChI is InChI=1S/C23H28O3/c1-26-23(25)21-19-14-8-6-12-17(19)16-11-5-7-13-18(16)20(21)22(24)15-9-3-2-4-10-15/h2-4,9-10,18-21H,5-8,11-14H2,1H3/t18-,19+,20-,21-/m0/s1. The second kappa shape index (κ2) is 7.38. The van der Waals surface area contributed by atoms with E-state index in [0.29, 0.717) is 0 Å². The van der Waals surface area contributed by atoms with Crippen LogP contribution in [-0.4, -0.2) is 18.9 Å². The Labute approximate surface area is 155 Å². The van der Waals surface area contributed by atoms with Crippen LogP contribution in [0.3, 0.4) is 0 Å². The van der Waals surface area contributed by atoms with Gasteiger partial charge in [0.25, 0.3) is 0 Å². The molecule has 0 aromatic heterocycles. The molecular formula is C23H28O3. The molecule has 0 heterocycles. The van der Waals surface area contributed by atoms with Crippen molar-refractivity contribution in [1.29, 1.82) is 0 Å². The van der Waals surface area contributed by atoms with Crippen molar-refractivity contribution in [2.24, 2.45) is 23.7 Å². The molecule has 0 radical (unpaired) electrons. The van der Waals surface area contributed by atoms with Crippen LogP contribution in [0.25, 0.3) is 0 Å². The summed E-state index contributed by atoms with van der Waals surface area (Å²) in [7, 11) is 1.47. The van der Waals surface area contributed by atoms with Crippen molar-refractivity contribution in [3.8, 4) is 0 Å². The van der Waals surface area contributed by atoms with E-state index in [-0.39, 0.29) is 35.4 Å². The van der Waals surface area contributed by atoms with Crippen LogP contribution in [0.2, 0.25) is 0 Å². The van der Waals surface area contributed by atoms with Crippen LogP contribution in [-0.2, 0) is 9.53 Å². The fraction of sp³-hybridized carbons (Fsp3) is 0.565. The van der Waals surface area contributed by atoms with Crippen LogP contribution in [0.1, 0.15) is 61.7 Å². The fourth-order valence-electron chi connectivity index (χ4n) is 5.76. The fourth-order valence-corrected chi connectivity index (χ4v) is 5.76. The lowest BCUT2D eigenvalue weighted by atomic mass is 9.56. The van der Waals surface area contributed by atoms with E-state index in [1.165, 1.54) is 31.1 Å². The third kappa shape index (κ3) is 2.91. The SMILES string of the molecule is COC(=O)[C@@H]1[C@@H](C(=O)c2ccccc2)[C@H]2CCCCC2=C2CCCC[C@H]21. The highest BCUT2D eigenvalue weighted by Gasteiger charge is 2.51. The van der Waals surface area contributed by atoms with Crippen LogP contribution in [0.5, 0.6) is 0 Å². The maximum absolute atomic E-state index is 13.5. The van der Waals surface area contributed by atoms with Gasteiger partial charge in [0.1, 0.15) is 0 Å². The maximum atomic E-state index is 13.5. The van der Waals surface area contributed by atoms with Crippen LogP contribution >= 0.6 is 0 Å². The number of benzene rings is 1. The lowest BCUT2D eigenvalue weighted by molar-refractivity contribution is -0.150. The van der Waals surface area contributed by atoms with Crippen molar-refractivity contribution in [3.05, 3.63) is 47.0 Å². The van der Waals surface area contributed by atoms with E-state index in [9.17, 15) is 9.59 Å². The number of esters is 1. The predicted molar refractivity (Wildman–Crippen MR) is 101 cm³/mol. The normalized spacial score (nSPS) is 31.0. The zero-order valence-corrected chi connectivity index (χ0v) is 15.6. The molecule has 0 bridgehead atoms. The van der Waals surface area contributed by atoms with E-state index in [0.717, 1.165) is 44.1 Å². The third-order valence-corrected chi connectivity index (χ3v) is 6.82. The molecule has 138 valence electrons. The van der Waals surface area contributed by atoms with E-state index < -0.39 is 0 Å². The molecule has 3 aliphatic carbocycles. The molecule has 0 saturated heterocycles. The first kappa shape index (κ1) is 17.5. The molecule has 1 aromatic rings. The minimum Gasteiger partial charge on any atom is -0.469 e. The van der Waals surface area contributed by atoms with Gasteiger partial charge in [0, 0.05) is 11.5 Å². The smallest absolute Gasteiger partial charge is 0.310 e. The highest BCUT2D eigenvalue weighted by atomic mass is 16.5. The van der Waals surface area contributed by atoms with E-state index in [1.54, 1.807) is 0 Å². The largest absolute Gasteiger partial charge is 0.469 e. The molecule has 0 unspecified atom stereocenters. The molecular weight excluding hydrogens is 324 g/mol. The Hall–Kier alpha value is -1.90. The van der Waals surface area contributed by atoms with Gasteiger partial charge in [-0.2, -0.15) is 0 Å². The number of rotatable bonds is 3. The van der Waals surface area contributed by atoms with Gasteiger partial charge in [-0.25, -0.2) is 0 Å². The van der Waals surface area contributed by atoms with Gasteiger partial charge >= 0.3 is 5.97 Å². The number of ether oxygens (including phenoxy) is 1. The summed E-state index contributed by atoms with van der Waals surface area (Å²) < 4.78 is 5.22. The molecule has 0 amide bonds. The highest BCUT2D eigenvalue weighted by Crippen LogP contribution is 2.53. The van der Waals surface area contributed by atoms with Crippen molar-refractivity contribution in [2.45, 2.75) is 51.4 Å². The van der Waals surface area contributed by atoms with Gasteiger partial charge in [0.05, 0.1) is 13.0 Å². The average molecular weight is 352 g/mol. The molecule has 26 heavy (non-hydrogen) atoms. The van der Waals surface area contributed by atoms with Crippen molar-refractivity contribution in [3.63, 3.8) is 0 Å². The molecule has 2 fully saturated rings. The molecule has 0 aliphatic heterocycles. The van der Waals surface area contributed by atoms with Crippen LogP contribution in [0, 0.1) is 23.7 Å². The monoisotopic (exact) mass is 352 g/mol. The summed E-state index contributed by atoms with van der Waals surface area (Å²) in [6.45, 7) is 0. The van der Waals surface area contributed by atoms with Crippen LogP contribution in [0.4, 0.5) is 0 Å². The van der Waals surface area contributed by atoms with Gasteiger partial charge in [-0.1, -0.05) is 54.3 Å². The summed E-state index contributed by atoms with van der Waals surface area (Å²) in [5, 5.41) is 0. The summed E-state index contributed by atoms with van der Waals surface area (Å²) in [5.41, 5.74) is 3.76. The van der Waals surface area contributed by atoms with Gasteiger partial charge < -0.3 is 4.74 Å². The number of fused-ring (bicyclic) bond motifs is 2. The summed E-state index contributed by atoms with van der Waals surface area (Å²) in [6.07, 6.45) is 9.00. The number of hydrogen-bond donors (Lipinski definition) is 0. The summed E-state index contributed by atoms with van der Waals surface area (Å²) in [5.74, 6) is -0.187. The van der Waals surface area contributed by atoms with Gasteiger partial charge in [0.2, 0.25) is 0 Å². The Kier molecular flexibility index (Phi) is 4.97. The summed E-state index contributed by atoms with van der Waals surface area (Å²) in [4.78, 5) is 26.4. The Bertz CT molecular complexity index is 718. The molecule has 4 atom stereocenters. The first-order valence-electron chi connectivity index (χ1n) is 10.1. The van der Waals surface area contributed by atoms with Crippen molar-refractivity contribution in [1.82, 2.24) is 0 Å². The Morgan fingerprint density at radius 3 is 2.00 bits per heavy atom. The summed E-state index contributed by atoms with van der Waals surface area (Å²) >= 11 is 0. The quantitative estimate of drug-likeness (QED) is 0.438. The zero-order valence-electron chi connectivity index (χ0n) is 15.6. The van der Waals surface area contributed by atoms with Crippen molar-refractivity contribution >= 4 is 11.8 Å². The first-order chi connectivity index (χ1) is 12.7. The lowest BCUT2D eigenvalue weighted by Gasteiger charge is -2.47.